The number of nitriles is 1. The lowest BCUT2D eigenvalue weighted by Crippen LogP contribution is -2.36. The topological polar surface area (TPSA) is 95.2 Å². The molecule has 0 bridgehead atoms. The van der Waals surface area contributed by atoms with Crippen molar-refractivity contribution in [1.82, 2.24) is 9.47 Å². The van der Waals surface area contributed by atoms with Gasteiger partial charge in [-0.1, -0.05) is 17.7 Å². The minimum atomic E-state index is -0.489. The number of benzene rings is 2. The van der Waals surface area contributed by atoms with Crippen LogP contribution in [0.5, 0.6) is 0 Å². The van der Waals surface area contributed by atoms with Crippen molar-refractivity contribution < 1.29 is 14.4 Å². The van der Waals surface area contributed by atoms with Crippen LogP contribution in [0.3, 0.4) is 0 Å². The Morgan fingerprint density at radius 2 is 1.74 bits per heavy atom. The van der Waals surface area contributed by atoms with Crippen molar-refractivity contribution in [3.05, 3.63) is 87.6 Å². The second-order valence-electron chi connectivity index (χ2n) is 8.00. The first-order valence-electron chi connectivity index (χ1n) is 10.6. The molecule has 1 aliphatic heterocycles. The molecule has 1 saturated heterocycles. The summed E-state index contributed by atoms with van der Waals surface area (Å²) in [6, 6.07) is 18.5. The predicted molar refractivity (Wildman–Crippen MR) is 132 cm³/mol. The third-order valence-corrected chi connectivity index (χ3v) is 6.43. The number of hydrogen-bond donors (Lipinski definition) is 1. The Morgan fingerprint density at radius 3 is 2.38 bits per heavy atom. The summed E-state index contributed by atoms with van der Waals surface area (Å²) < 4.78 is 2.02. The molecule has 2 aromatic carbocycles. The standard InChI is InChI=1S/C26H22N4O3S/c1-16-4-8-21(9-5-16)28-24(31)15-29-25(32)23(34-26(29)33)13-20-12-17(2)30(18(20)3)22-10-6-19(14-27)7-11-22/h4-13H,15H2,1-3H3,(H,28,31)/b23-13+. The van der Waals surface area contributed by atoms with E-state index in [1.807, 2.05) is 55.7 Å². The van der Waals surface area contributed by atoms with Gasteiger partial charge in [0, 0.05) is 22.8 Å². The third-order valence-electron chi connectivity index (χ3n) is 5.52. The molecule has 0 unspecified atom stereocenters. The van der Waals surface area contributed by atoms with Gasteiger partial charge in [-0.05, 0) is 86.6 Å². The van der Waals surface area contributed by atoms with Gasteiger partial charge in [-0.15, -0.1) is 0 Å². The number of imide groups is 1. The van der Waals surface area contributed by atoms with Gasteiger partial charge in [0.15, 0.2) is 0 Å². The monoisotopic (exact) mass is 470 g/mol. The SMILES string of the molecule is Cc1ccc(NC(=O)CN2C(=O)S/C(=C/c3cc(C)n(-c4ccc(C#N)cc4)c3C)C2=O)cc1. The number of aryl methyl sites for hydroxylation is 2. The molecule has 0 atom stereocenters. The first kappa shape index (κ1) is 23.1. The highest BCUT2D eigenvalue weighted by Gasteiger charge is 2.36. The largest absolute Gasteiger partial charge is 0.325 e. The van der Waals surface area contributed by atoms with E-state index >= 15 is 0 Å². The molecule has 1 fully saturated rings. The van der Waals surface area contributed by atoms with Crippen molar-refractivity contribution in [1.29, 1.82) is 5.26 Å². The van der Waals surface area contributed by atoms with Crippen LogP contribution in [0.25, 0.3) is 11.8 Å². The Hall–Kier alpha value is -4.09. The van der Waals surface area contributed by atoms with Crippen molar-refractivity contribution in [2.45, 2.75) is 20.8 Å². The van der Waals surface area contributed by atoms with E-state index in [4.69, 9.17) is 5.26 Å². The second-order valence-corrected chi connectivity index (χ2v) is 9.00. The summed E-state index contributed by atoms with van der Waals surface area (Å²) in [7, 11) is 0. The summed E-state index contributed by atoms with van der Waals surface area (Å²) in [5, 5.41) is 11.3. The zero-order valence-electron chi connectivity index (χ0n) is 19.0. The Kier molecular flexibility index (Phi) is 6.39. The number of anilines is 1. The van der Waals surface area contributed by atoms with Gasteiger partial charge in [0.05, 0.1) is 16.5 Å². The molecular weight excluding hydrogens is 448 g/mol. The van der Waals surface area contributed by atoms with Crippen LogP contribution in [0.15, 0.2) is 59.5 Å². The maximum Gasteiger partial charge on any atom is 0.294 e. The van der Waals surface area contributed by atoms with Gasteiger partial charge >= 0.3 is 0 Å². The molecule has 0 saturated carbocycles. The van der Waals surface area contributed by atoms with Crippen LogP contribution in [0.2, 0.25) is 0 Å². The molecule has 1 aliphatic rings. The molecule has 0 spiro atoms. The second kappa shape index (κ2) is 9.41. The van der Waals surface area contributed by atoms with Crippen LogP contribution >= 0.6 is 11.8 Å². The lowest BCUT2D eigenvalue weighted by atomic mass is 10.2. The molecule has 1 N–H and O–H groups in total. The highest BCUT2D eigenvalue weighted by Crippen LogP contribution is 2.33. The number of nitrogens with zero attached hydrogens (tertiary/aromatic N) is 3. The summed E-state index contributed by atoms with van der Waals surface area (Å²) in [5.41, 5.74) is 5.79. The molecule has 3 aromatic rings. The number of aromatic nitrogens is 1. The first-order chi connectivity index (χ1) is 16.3. The average molecular weight is 471 g/mol. The number of rotatable bonds is 5. The van der Waals surface area contributed by atoms with Crippen LogP contribution in [0.4, 0.5) is 10.5 Å². The van der Waals surface area contributed by atoms with Crippen LogP contribution in [-0.2, 0) is 9.59 Å². The summed E-state index contributed by atoms with van der Waals surface area (Å²) in [6.07, 6.45) is 1.69. The zero-order valence-corrected chi connectivity index (χ0v) is 19.8. The Morgan fingerprint density at radius 1 is 1.06 bits per heavy atom. The zero-order chi connectivity index (χ0) is 24.4. The molecule has 1 aromatic heterocycles. The maximum atomic E-state index is 12.9. The highest BCUT2D eigenvalue weighted by atomic mass is 32.2. The molecule has 7 nitrogen and oxygen atoms in total. The maximum absolute atomic E-state index is 12.9. The van der Waals surface area contributed by atoms with Gasteiger partial charge in [-0.3, -0.25) is 19.3 Å². The highest BCUT2D eigenvalue weighted by molar-refractivity contribution is 8.18. The van der Waals surface area contributed by atoms with E-state index in [9.17, 15) is 14.4 Å². The molecule has 8 heteroatoms. The minimum Gasteiger partial charge on any atom is -0.325 e. The van der Waals surface area contributed by atoms with Crippen molar-refractivity contribution in [2.75, 3.05) is 11.9 Å². The molecular formula is C26H22N4O3S. The van der Waals surface area contributed by atoms with Gasteiger partial charge in [0.2, 0.25) is 5.91 Å². The summed E-state index contributed by atoms with van der Waals surface area (Å²) in [6.45, 7) is 5.47. The smallest absolute Gasteiger partial charge is 0.294 e. The molecule has 0 radical (unpaired) electrons. The fraction of sp³-hybridized carbons (Fsp3) is 0.154. The molecule has 34 heavy (non-hydrogen) atoms. The van der Waals surface area contributed by atoms with Crippen molar-refractivity contribution in [3.63, 3.8) is 0 Å². The van der Waals surface area contributed by atoms with Crippen LogP contribution < -0.4 is 5.32 Å². The Balaban J connectivity index is 1.52. The third kappa shape index (κ3) is 4.65. The lowest BCUT2D eigenvalue weighted by Gasteiger charge is -2.12. The Bertz CT molecular complexity index is 1360. The fourth-order valence-electron chi connectivity index (χ4n) is 3.77. The molecule has 0 aliphatic carbocycles. The summed E-state index contributed by atoms with van der Waals surface area (Å²) in [5.74, 6) is -0.927. The van der Waals surface area contributed by atoms with E-state index < -0.39 is 17.1 Å². The number of carbonyl (C=O) groups excluding carboxylic acids is 3. The van der Waals surface area contributed by atoms with Crippen LogP contribution in [0, 0.1) is 32.1 Å². The number of hydrogen-bond acceptors (Lipinski definition) is 5. The van der Waals surface area contributed by atoms with Crippen molar-refractivity contribution >= 4 is 40.6 Å². The number of nitrogens with one attached hydrogen (secondary N) is 1. The van der Waals surface area contributed by atoms with Crippen LogP contribution in [0.1, 0.15) is 28.1 Å². The van der Waals surface area contributed by atoms with Crippen molar-refractivity contribution in [3.8, 4) is 11.8 Å². The van der Waals surface area contributed by atoms with Gasteiger partial charge in [0.1, 0.15) is 6.54 Å². The van der Waals surface area contributed by atoms with E-state index in [-0.39, 0.29) is 11.4 Å². The van der Waals surface area contributed by atoms with Gasteiger partial charge < -0.3 is 9.88 Å². The normalized spacial score (nSPS) is 14.5. The van der Waals surface area contributed by atoms with Gasteiger partial charge in [0.25, 0.3) is 11.1 Å². The number of thioether (sulfide) groups is 1. The van der Waals surface area contributed by atoms with Crippen molar-refractivity contribution in [2.24, 2.45) is 0 Å². The van der Waals surface area contributed by atoms with E-state index in [1.54, 1.807) is 30.3 Å². The molecule has 4 rings (SSSR count). The first-order valence-corrected chi connectivity index (χ1v) is 11.4. The summed E-state index contributed by atoms with van der Waals surface area (Å²) >= 11 is 0.825. The van der Waals surface area contributed by atoms with Crippen LogP contribution in [-0.4, -0.2) is 33.1 Å². The fourth-order valence-corrected chi connectivity index (χ4v) is 4.60. The summed E-state index contributed by atoms with van der Waals surface area (Å²) in [4.78, 5) is 39.0. The minimum absolute atomic E-state index is 0.271. The van der Waals surface area contributed by atoms with E-state index in [1.165, 1.54) is 0 Å². The number of amides is 3. The van der Waals surface area contributed by atoms with E-state index in [2.05, 4.69) is 11.4 Å². The molecule has 3 amide bonds. The molecule has 2 heterocycles. The average Bonchev–Trinajstić information content (AvgIpc) is 3.24. The van der Waals surface area contributed by atoms with E-state index in [0.717, 1.165) is 44.9 Å². The van der Waals surface area contributed by atoms with E-state index in [0.29, 0.717) is 11.3 Å². The van der Waals surface area contributed by atoms with Gasteiger partial charge in [-0.2, -0.15) is 5.26 Å². The number of carbonyl (C=O) groups is 3. The predicted octanol–water partition coefficient (Wildman–Crippen LogP) is 4.95. The van der Waals surface area contributed by atoms with Gasteiger partial charge in [-0.25, -0.2) is 0 Å². The lowest BCUT2D eigenvalue weighted by molar-refractivity contribution is -0.127. The quantitative estimate of drug-likeness (QED) is 0.533. The molecule has 170 valence electrons. The Labute approximate surface area is 201 Å².